The smallest absolute Gasteiger partial charge is 0.240 e. The van der Waals surface area contributed by atoms with Crippen molar-refractivity contribution in [2.75, 3.05) is 0 Å². The zero-order chi connectivity index (χ0) is 6.28. The van der Waals surface area contributed by atoms with E-state index < -0.39 is 5.91 Å². The van der Waals surface area contributed by atoms with Crippen LogP contribution in [-0.4, -0.2) is 5.91 Å². The quantitative estimate of drug-likeness (QED) is 0.461. The fourth-order valence-electron chi connectivity index (χ4n) is 0. The second-order valence-electron chi connectivity index (χ2n) is 0.606. The second kappa shape index (κ2) is 8.83. The van der Waals surface area contributed by atoms with Crippen LogP contribution in [0.4, 0.5) is 0 Å². The normalized spacial score (nSPS) is 4.86. The minimum atomic E-state index is -0.481. The molecule has 0 aliphatic rings. The molecule has 0 heterocycles. The molecule has 0 rings (SSSR count). The number of carbonyl (C=O) groups excluding carboxylic acids is 1. The molecule has 1 amide bonds. The van der Waals surface area contributed by atoms with Crippen LogP contribution in [0.5, 0.6) is 0 Å². The van der Waals surface area contributed by atoms with Crippen LogP contribution in [0.3, 0.4) is 0 Å². The van der Waals surface area contributed by atoms with Gasteiger partial charge in [0.25, 0.3) is 0 Å². The van der Waals surface area contributed by atoms with E-state index in [-0.39, 0.29) is 0 Å². The Hall–Kier alpha value is -1.30. The van der Waals surface area contributed by atoms with Gasteiger partial charge in [-0.25, -0.2) is 5.26 Å². The van der Waals surface area contributed by atoms with E-state index >= 15 is 0 Å². The summed E-state index contributed by atoms with van der Waals surface area (Å²) in [7, 11) is 0. The van der Waals surface area contributed by atoms with E-state index in [9.17, 15) is 4.79 Å². The largest absolute Gasteiger partial charge is 0.366 e. The number of nitriles is 1. The summed E-state index contributed by atoms with van der Waals surface area (Å²) in [5.74, 6) is -0.481. The van der Waals surface area contributed by atoms with Crippen LogP contribution >= 0.6 is 0 Å². The highest BCUT2D eigenvalue weighted by Crippen LogP contribution is 1.48. The summed E-state index contributed by atoms with van der Waals surface area (Å²) in [5, 5.41) is 6.50. The zero-order valence-electron chi connectivity index (χ0n) is 3.79. The molecule has 7 heavy (non-hydrogen) atoms. The number of nitrogens with two attached hydrogens (primary N) is 1. The molecule has 3 nitrogen and oxygen atoms in total. The van der Waals surface area contributed by atoms with E-state index in [1.807, 2.05) is 0 Å². The number of amides is 1. The van der Waals surface area contributed by atoms with Crippen LogP contribution in [0.15, 0.2) is 12.7 Å². The van der Waals surface area contributed by atoms with Gasteiger partial charge in [0.2, 0.25) is 5.91 Å². The Bertz CT molecular complexity index is 84.9. The molecule has 0 aromatic carbocycles. The number of carbonyl (C=O) groups is 1. The van der Waals surface area contributed by atoms with Crippen molar-refractivity contribution in [2.45, 2.75) is 0 Å². The van der Waals surface area contributed by atoms with Crippen molar-refractivity contribution in [1.29, 1.82) is 5.26 Å². The van der Waals surface area contributed by atoms with Gasteiger partial charge in [0, 0.05) is 6.57 Å². The summed E-state index contributed by atoms with van der Waals surface area (Å²) in [6.45, 7) is 6.59. The topological polar surface area (TPSA) is 66.9 Å². The number of hydrogen-bond acceptors (Lipinski definition) is 2. The summed E-state index contributed by atoms with van der Waals surface area (Å²) in [4.78, 5) is 9.47. The SMILES string of the molecule is C#N.C=CC(N)=O. The fraction of sp³-hybridized carbons (Fsp3) is 0. The predicted octanol–water partition coefficient (Wildman–Crippen LogP) is -0.203. The van der Waals surface area contributed by atoms with Gasteiger partial charge in [-0.2, -0.15) is 0 Å². The van der Waals surface area contributed by atoms with Crippen LogP contribution in [-0.2, 0) is 4.79 Å². The average molecular weight is 98.1 g/mol. The Labute approximate surface area is 42.0 Å². The molecule has 0 atom stereocenters. The van der Waals surface area contributed by atoms with Gasteiger partial charge in [0.1, 0.15) is 0 Å². The number of hydrogen-bond donors (Lipinski definition) is 1. The van der Waals surface area contributed by atoms with Crippen LogP contribution in [0.1, 0.15) is 0 Å². The van der Waals surface area contributed by atoms with E-state index in [4.69, 9.17) is 5.26 Å². The summed E-state index contributed by atoms with van der Waals surface area (Å²) >= 11 is 0. The van der Waals surface area contributed by atoms with Crippen LogP contribution in [0.2, 0.25) is 0 Å². The molecule has 2 N–H and O–H groups in total. The Morgan fingerprint density at radius 2 is 2.00 bits per heavy atom. The maximum Gasteiger partial charge on any atom is 0.240 e. The van der Waals surface area contributed by atoms with Crippen molar-refractivity contribution in [3.63, 3.8) is 0 Å². The second-order valence-corrected chi connectivity index (χ2v) is 0.606. The third-order valence-electron chi connectivity index (χ3n) is 0.201. The molecular weight excluding hydrogens is 92.1 g/mol. The van der Waals surface area contributed by atoms with Crippen molar-refractivity contribution in [2.24, 2.45) is 5.73 Å². The minimum absolute atomic E-state index is 0.481. The lowest BCUT2D eigenvalue weighted by atomic mass is 10.6. The summed E-state index contributed by atoms with van der Waals surface area (Å²) in [6, 6.07) is 0. The zero-order valence-corrected chi connectivity index (χ0v) is 3.79. The minimum Gasteiger partial charge on any atom is -0.366 e. The lowest BCUT2D eigenvalue weighted by molar-refractivity contribution is -0.113. The van der Waals surface area contributed by atoms with E-state index in [1.54, 1.807) is 0 Å². The highest BCUT2D eigenvalue weighted by atomic mass is 16.1. The van der Waals surface area contributed by atoms with Crippen LogP contribution in [0, 0.1) is 11.8 Å². The first-order chi connectivity index (χ1) is 3.27. The van der Waals surface area contributed by atoms with Crippen molar-refractivity contribution in [3.05, 3.63) is 12.7 Å². The highest BCUT2D eigenvalue weighted by molar-refractivity contribution is 5.84. The molecule has 3 heteroatoms. The molecule has 0 bridgehead atoms. The van der Waals surface area contributed by atoms with E-state index in [1.165, 1.54) is 0 Å². The average Bonchev–Trinajstić information content (AvgIpc) is 1.73. The van der Waals surface area contributed by atoms with Gasteiger partial charge < -0.3 is 5.73 Å². The lowest BCUT2D eigenvalue weighted by Crippen LogP contribution is -2.04. The highest BCUT2D eigenvalue weighted by Gasteiger charge is 1.69. The van der Waals surface area contributed by atoms with Gasteiger partial charge in [-0.05, 0) is 6.08 Å². The van der Waals surface area contributed by atoms with Gasteiger partial charge in [0.05, 0.1) is 0 Å². The van der Waals surface area contributed by atoms with Crippen molar-refractivity contribution in [1.82, 2.24) is 0 Å². The Balaban J connectivity index is 0. The molecular formula is C4H6N2O. The fourth-order valence-corrected chi connectivity index (χ4v) is 0. The first-order valence-corrected chi connectivity index (χ1v) is 1.45. The molecule has 0 saturated carbocycles. The van der Waals surface area contributed by atoms with Crippen LogP contribution < -0.4 is 5.73 Å². The molecule has 0 radical (unpaired) electrons. The van der Waals surface area contributed by atoms with Crippen molar-refractivity contribution >= 4 is 5.91 Å². The first kappa shape index (κ1) is 9.20. The monoisotopic (exact) mass is 98.0 g/mol. The standard InChI is InChI=1S/C3H5NO.CHN/c1-2-3(4)5;1-2/h2H,1H2,(H2,4,5);1H. The van der Waals surface area contributed by atoms with Crippen molar-refractivity contribution < 1.29 is 4.79 Å². The molecule has 38 valence electrons. The van der Waals surface area contributed by atoms with E-state index in [0.717, 1.165) is 6.08 Å². The number of nitrogens with zero attached hydrogens (tertiary/aromatic N) is 1. The molecule has 0 spiro atoms. The number of rotatable bonds is 1. The molecule has 0 unspecified atom stereocenters. The van der Waals surface area contributed by atoms with Crippen LogP contribution in [0.25, 0.3) is 0 Å². The lowest BCUT2D eigenvalue weighted by Gasteiger charge is -1.65. The Morgan fingerprint density at radius 3 is 2.00 bits per heavy atom. The summed E-state index contributed by atoms with van der Waals surface area (Å²) in [6.07, 6.45) is 1.06. The summed E-state index contributed by atoms with van der Waals surface area (Å²) in [5.41, 5.74) is 4.53. The Kier molecular flexibility index (Phi) is 11.6. The van der Waals surface area contributed by atoms with Gasteiger partial charge in [0.15, 0.2) is 0 Å². The first-order valence-electron chi connectivity index (χ1n) is 1.45. The third kappa shape index (κ3) is 69.9. The van der Waals surface area contributed by atoms with Crippen molar-refractivity contribution in [3.8, 4) is 6.57 Å². The molecule has 0 aliphatic carbocycles. The molecule has 0 saturated heterocycles. The van der Waals surface area contributed by atoms with E-state index in [2.05, 4.69) is 18.9 Å². The van der Waals surface area contributed by atoms with Gasteiger partial charge in [-0.1, -0.05) is 6.58 Å². The molecule has 0 aromatic rings. The van der Waals surface area contributed by atoms with Gasteiger partial charge in [-0.15, -0.1) is 0 Å². The molecule has 0 aromatic heterocycles. The van der Waals surface area contributed by atoms with Gasteiger partial charge >= 0.3 is 0 Å². The predicted molar refractivity (Wildman–Crippen MR) is 26.1 cm³/mol. The Morgan fingerprint density at radius 1 is 1.86 bits per heavy atom. The molecule has 0 fully saturated rings. The number of primary amides is 1. The third-order valence-corrected chi connectivity index (χ3v) is 0.201. The summed E-state index contributed by atoms with van der Waals surface area (Å²) < 4.78 is 0. The molecule has 0 aliphatic heterocycles. The maximum atomic E-state index is 9.47. The van der Waals surface area contributed by atoms with Gasteiger partial charge in [-0.3, -0.25) is 4.79 Å². The van der Waals surface area contributed by atoms with E-state index in [0.29, 0.717) is 0 Å². The maximum absolute atomic E-state index is 9.47.